The first kappa shape index (κ1) is 31.7. The zero-order chi connectivity index (χ0) is 35.8. The predicted octanol–water partition coefficient (Wildman–Crippen LogP) is 15.1. The predicted molar refractivity (Wildman–Crippen MR) is 232 cm³/mol. The summed E-state index contributed by atoms with van der Waals surface area (Å²) >= 11 is 0. The van der Waals surface area contributed by atoms with E-state index in [1.807, 2.05) is 0 Å². The molecule has 0 spiro atoms. The van der Waals surface area contributed by atoms with Crippen LogP contribution in [0.15, 0.2) is 218 Å². The molecule has 10 aromatic rings. The number of hydrogen-bond acceptors (Lipinski definition) is 0. The molecule has 0 fully saturated rings. The standard InChI is InChI=1S/C54H36/c1-3-11-37(12-4-1)39-19-25-42(26-20-39)46-33-47(43-27-21-40(22-28-43)38-13-5-2-6-14-38)35-48(34-46)44-29-23-41(24-30-44)45-31-32-53-51-17-8-7-15-49(51)50-16-9-10-18-52(50)54(53)36-45/h1-36H. The number of fused-ring (bicyclic) bond motifs is 6. The fourth-order valence-electron chi connectivity index (χ4n) is 8.04. The van der Waals surface area contributed by atoms with Crippen LogP contribution >= 0.6 is 0 Å². The van der Waals surface area contributed by atoms with E-state index in [0.29, 0.717) is 0 Å². The molecule has 10 aromatic carbocycles. The van der Waals surface area contributed by atoms with Crippen molar-refractivity contribution in [2.75, 3.05) is 0 Å². The quantitative estimate of drug-likeness (QED) is 0.153. The van der Waals surface area contributed by atoms with Gasteiger partial charge in [-0.2, -0.15) is 0 Å². The van der Waals surface area contributed by atoms with Gasteiger partial charge in [-0.3, -0.25) is 0 Å². The van der Waals surface area contributed by atoms with Gasteiger partial charge >= 0.3 is 0 Å². The molecular formula is C54H36. The Morgan fingerprint density at radius 3 is 0.741 bits per heavy atom. The van der Waals surface area contributed by atoms with Gasteiger partial charge in [0.2, 0.25) is 0 Å². The van der Waals surface area contributed by atoms with Crippen LogP contribution in [0, 0.1) is 0 Å². The maximum atomic E-state index is 2.37. The molecule has 0 aliphatic carbocycles. The monoisotopic (exact) mass is 684 g/mol. The topological polar surface area (TPSA) is 0 Å². The second-order valence-corrected chi connectivity index (χ2v) is 14.1. The van der Waals surface area contributed by atoms with Gasteiger partial charge in [-0.05, 0) is 123 Å². The molecule has 0 atom stereocenters. The highest BCUT2D eigenvalue weighted by Gasteiger charge is 2.12. The molecule has 252 valence electrons. The molecule has 0 aliphatic heterocycles. The molecule has 0 saturated heterocycles. The summed E-state index contributed by atoms with van der Waals surface area (Å²) in [5.41, 5.74) is 14.5. The van der Waals surface area contributed by atoms with E-state index in [2.05, 4.69) is 218 Å². The fourth-order valence-corrected chi connectivity index (χ4v) is 8.04. The molecular weight excluding hydrogens is 649 g/mol. The van der Waals surface area contributed by atoms with Gasteiger partial charge in [0, 0.05) is 0 Å². The summed E-state index contributed by atoms with van der Waals surface area (Å²) in [6, 6.07) is 79.7. The molecule has 0 N–H and O–H groups in total. The summed E-state index contributed by atoms with van der Waals surface area (Å²) in [5.74, 6) is 0. The van der Waals surface area contributed by atoms with Gasteiger partial charge in [0.15, 0.2) is 0 Å². The van der Waals surface area contributed by atoms with Gasteiger partial charge in [0.1, 0.15) is 0 Å². The van der Waals surface area contributed by atoms with E-state index in [9.17, 15) is 0 Å². The summed E-state index contributed by atoms with van der Waals surface area (Å²) in [6.07, 6.45) is 0. The second kappa shape index (κ2) is 13.5. The minimum Gasteiger partial charge on any atom is -0.0622 e. The lowest BCUT2D eigenvalue weighted by molar-refractivity contribution is 1.55. The van der Waals surface area contributed by atoms with E-state index in [1.54, 1.807) is 0 Å². The van der Waals surface area contributed by atoms with Crippen LogP contribution in [0.3, 0.4) is 0 Å². The van der Waals surface area contributed by atoms with Crippen LogP contribution in [0.1, 0.15) is 0 Å². The van der Waals surface area contributed by atoms with Crippen LogP contribution in [0.2, 0.25) is 0 Å². The molecule has 54 heavy (non-hydrogen) atoms. The molecule has 0 saturated carbocycles. The van der Waals surface area contributed by atoms with Crippen molar-refractivity contribution < 1.29 is 0 Å². The van der Waals surface area contributed by atoms with Crippen molar-refractivity contribution in [3.8, 4) is 66.8 Å². The highest BCUT2D eigenvalue weighted by atomic mass is 14.2. The highest BCUT2D eigenvalue weighted by Crippen LogP contribution is 2.39. The van der Waals surface area contributed by atoms with Crippen LogP contribution in [-0.4, -0.2) is 0 Å². The SMILES string of the molecule is c1ccc(-c2ccc(-c3cc(-c4ccc(-c5ccccc5)cc4)cc(-c4ccc(-c5ccc6c7ccccc7c7ccccc7c6c5)cc4)c3)cc2)cc1. The van der Waals surface area contributed by atoms with E-state index in [4.69, 9.17) is 0 Å². The van der Waals surface area contributed by atoms with E-state index in [1.165, 1.54) is 99.1 Å². The van der Waals surface area contributed by atoms with Crippen molar-refractivity contribution >= 4 is 32.3 Å². The summed E-state index contributed by atoms with van der Waals surface area (Å²) < 4.78 is 0. The summed E-state index contributed by atoms with van der Waals surface area (Å²) in [5, 5.41) is 7.78. The molecule has 0 nitrogen and oxygen atoms in total. The third kappa shape index (κ3) is 5.85. The van der Waals surface area contributed by atoms with Crippen LogP contribution in [-0.2, 0) is 0 Å². The Morgan fingerprint density at radius 1 is 0.130 bits per heavy atom. The minimum absolute atomic E-state index is 1.20. The average molecular weight is 685 g/mol. The Balaban J connectivity index is 1.04. The minimum atomic E-state index is 1.20. The van der Waals surface area contributed by atoms with Crippen molar-refractivity contribution in [2.24, 2.45) is 0 Å². The zero-order valence-corrected chi connectivity index (χ0v) is 29.8. The van der Waals surface area contributed by atoms with Gasteiger partial charge in [0.25, 0.3) is 0 Å². The summed E-state index contributed by atoms with van der Waals surface area (Å²) in [4.78, 5) is 0. The van der Waals surface area contributed by atoms with Crippen LogP contribution in [0.5, 0.6) is 0 Å². The Bertz CT molecular complexity index is 2780. The molecule has 0 aromatic heterocycles. The second-order valence-electron chi connectivity index (χ2n) is 14.1. The molecule has 0 heterocycles. The van der Waals surface area contributed by atoms with Gasteiger partial charge in [-0.25, -0.2) is 0 Å². The summed E-state index contributed by atoms with van der Waals surface area (Å²) in [7, 11) is 0. The largest absolute Gasteiger partial charge is 0.0622 e. The Morgan fingerprint density at radius 2 is 0.370 bits per heavy atom. The molecule has 0 radical (unpaired) electrons. The van der Waals surface area contributed by atoms with Gasteiger partial charge in [0.05, 0.1) is 0 Å². The highest BCUT2D eigenvalue weighted by molar-refractivity contribution is 6.25. The zero-order valence-electron chi connectivity index (χ0n) is 29.8. The van der Waals surface area contributed by atoms with Crippen LogP contribution in [0.4, 0.5) is 0 Å². The summed E-state index contributed by atoms with van der Waals surface area (Å²) in [6.45, 7) is 0. The van der Waals surface area contributed by atoms with Gasteiger partial charge < -0.3 is 0 Å². The number of hydrogen-bond donors (Lipinski definition) is 0. The first-order chi connectivity index (χ1) is 26.7. The third-order valence-electron chi connectivity index (χ3n) is 10.9. The normalized spacial score (nSPS) is 11.3. The van der Waals surface area contributed by atoms with Crippen LogP contribution in [0.25, 0.3) is 99.1 Å². The molecule has 0 amide bonds. The van der Waals surface area contributed by atoms with E-state index < -0.39 is 0 Å². The van der Waals surface area contributed by atoms with Crippen molar-refractivity contribution in [3.63, 3.8) is 0 Å². The Hall–Kier alpha value is -7.02. The Labute approximate surface area is 316 Å². The smallest absolute Gasteiger partial charge is 0.00928 e. The molecule has 0 aliphatic rings. The lowest BCUT2D eigenvalue weighted by Gasteiger charge is -2.14. The van der Waals surface area contributed by atoms with Gasteiger partial charge in [-0.1, -0.05) is 194 Å². The molecule has 0 bridgehead atoms. The van der Waals surface area contributed by atoms with Crippen molar-refractivity contribution in [3.05, 3.63) is 218 Å². The maximum absolute atomic E-state index is 2.37. The first-order valence-electron chi connectivity index (χ1n) is 18.7. The van der Waals surface area contributed by atoms with Crippen molar-refractivity contribution in [1.29, 1.82) is 0 Å². The average Bonchev–Trinajstić information content (AvgIpc) is 3.27. The van der Waals surface area contributed by atoms with Gasteiger partial charge in [-0.15, -0.1) is 0 Å². The maximum Gasteiger partial charge on any atom is -0.00928 e. The third-order valence-corrected chi connectivity index (χ3v) is 10.9. The first-order valence-corrected chi connectivity index (χ1v) is 18.7. The Kier molecular flexibility index (Phi) is 7.93. The molecule has 0 unspecified atom stereocenters. The van der Waals surface area contributed by atoms with Crippen molar-refractivity contribution in [1.82, 2.24) is 0 Å². The molecule has 10 rings (SSSR count). The lowest BCUT2D eigenvalue weighted by Crippen LogP contribution is -1.88. The number of rotatable bonds is 6. The van der Waals surface area contributed by atoms with Crippen molar-refractivity contribution in [2.45, 2.75) is 0 Å². The van der Waals surface area contributed by atoms with E-state index >= 15 is 0 Å². The van der Waals surface area contributed by atoms with E-state index in [-0.39, 0.29) is 0 Å². The molecule has 0 heteroatoms. The lowest BCUT2D eigenvalue weighted by atomic mass is 9.90. The number of benzene rings is 10. The van der Waals surface area contributed by atoms with Crippen LogP contribution < -0.4 is 0 Å². The fraction of sp³-hybridized carbons (Fsp3) is 0. The van der Waals surface area contributed by atoms with E-state index in [0.717, 1.165) is 0 Å².